The van der Waals surface area contributed by atoms with Gasteiger partial charge in [-0.1, -0.05) is 18.2 Å². The van der Waals surface area contributed by atoms with Gasteiger partial charge >= 0.3 is 0 Å². The third-order valence-electron chi connectivity index (χ3n) is 3.07. The first-order chi connectivity index (χ1) is 7.42. The molecule has 3 heteroatoms. The molecule has 1 aromatic rings. The first-order valence-corrected chi connectivity index (χ1v) is 5.85. The number of piperidine rings is 1. The number of benzene rings is 1. The number of hydrogen-bond donors (Lipinski definition) is 2. The highest BCUT2D eigenvalue weighted by molar-refractivity contribution is 5.54. The summed E-state index contributed by atoms with van der Waals surface area (Å²) in [6.07, 6.45) is 4.73. The van der Waals surface area contributed by atoms with E-state index < -0.39 is 0 Å². The Kier molecular flexibility index (Phi) is 5.29. The van der Waals surface area contributed by atoms with Crippen LogP contribution in [0.2, 0.25) is 0 Å². The Morgan fingerprint density at radius 1 is 1.06 bits per heavy atom. The highest BCUT2D eigenvalue weighted by atomic mass is 16.2. The lowest BCUT2D eigenvalue weighted by atomic mass is 10.1. The molecule has 3 nitrogen and oxygen atoms in total. The van der Waals surface area contributed by atoms with Crippen molar-refractivity contribution in [2.75, 3.05) is 24.6 Å². The molecule has 1 fully saturated rings. The highest BCUT2D eigenvalue weighted by Crippen LogP contribution is 2.24. The Hall–Kier alpha value is -1.06. The topological polar surface area (TPSA) is 58.5 Å². The Bertz CT molecular complexity index is 309. The van der Waals surface area contributed by atoms with Crippen LogP contribution >= 0.6 is 0 Å². The van der Waals surface area contributed by atoms with E-state index in [4.69, 9.17) is 5.11 Å². The lowest BCUT2D eigenvalue weighted by Crippen LogP contribution is -2.30. The molecule has 0 radical (unpaired) electrons. The molecule has 2 rings (SSSR count). The summed E-state index contributed by atoms with van der Waals surface area (Å²) >= 11 is 0. The van der Waals surface area contributed by atoms with E-state index in [1.807, 2.05) is 0 Å². The molecule has 90 valence electrons. The average Bonchev–Trinajstić information content (AvgIpc) is 2.31. The van der Waals surface area contributed by atoms with E-state index >= 15 is 0 Å². The SMILES string of the molecule is N.OCCc1ccccc1N1CCCCC1. The van der Waals surface area contributed by atoms with Gasteiger partial charge in [-0.15, -0.1) is 0 Å². The number of hydrogen-bond acceptors (Lipinski definition) is 3. The van der Waals surface area contributed by atoms with Gasteiger partial charge < -0.3 is 16.2 Å². The minimum absolute atomic E-state index is 0. The van der Waals surface area contributed by atoms with Crippen LogP contribution in [0.25, 0.3) is 0 Å². The predicted octanol–water partition coefficient (Wildman–Crippen LogP) is 2.37. The number of aliphatic hydroxyl groups is 1. The van der Waals surface area contributed by atoms with E-state index in [2.05, 4.69) is 29.2 Å². The van der Waals surface area contributed by atoms with Gasteiger partial charge in [0.15, 0.2) is 0 Å². The fraction of sp³-hybridized carbons (Fsp3) is 0.538. The van der Waals surface area contributed by atoms with Crippen LogP contribution in [0.5, 0.6) is 0 Å². The Morgan fingerprint density at radius 2 is 1.75 bits per heavy atom. The minimum Gasteiger partial charge on any atom is -0.396 e. The summed E-state index contributed by atoms with van der Waals surface area (Å²) < 4.78 is 0. The van der Waals surface area contributed by atoms with Crippen LogP contribution in [-0.4, -0.2) is 24.8 Å². The second-order valence-corrected chi connectivity index (χ2v) is 4.15. The third-order valence-corrected chi connectivity index (χ3v) is 3.07. The molecule has 0 amide bonds. The average molecular weight is 222 g/mol. The minimum atomic E-state index is 0. The summed E-state index contributed by atoms with van der Waals surface area (Å²) in [7, 11) is 0. The second-order valence-electron chi connectivity index (χ2n) is 4.15. The number of anilines is 1. The van der Waals surface area contributed by atoms with Crippen LogP contribution in [0.1, 0.15) is 24.8 Å². The Morgan fingerprint density at radius 3 is 2.44 bits per heavy atom. The van der Waals surface area contributed by atoms with E-state index in [9.17, 15) is 0 Å². The van der Waals surface area contributed by atoms with Crippen LogP contribution in [0.4, 0.5) is 5.69 Å². The standard InChI is InChI=1S/C13H19NO.H3N/c15-11-8-12-6-2-3-7-13(12)14-9-4-1-5-10-14;/h2-3,6-7,15H,1,4-5,8-11H2;1H3. The van der Waals surface area contributed by atoms with Crippen LogP contribution in [0, 0.1) is 0 Å². The maximum absolute atomic E-state index is 9.02. The predicted molar refractivity (Wildman–Crippen MR) is 68.3 cm³/mol. The fourth-order valence-electron chi connectivity index (χ4n) is 2.29. The van der Waals surface area contributed by atoms with Gasteiger partial charge in [0.05, 0.1) is 0 Å². The molecule has 0 spiro atoms. The molecule has 0 unspecified atom stereocenters. The number of aliphatic hydroxyl groups excluding tert-OH is 1. The van der Waals surface area contributed by atoms with Crippen LogP contribution in [0.15, 0.2) is 24.3 Å². The number of nitrogens with zero attached hydrogens (tertiary/aromatic N) is 1. The molecule has 4 N–H and O–H groups in total. The van der Waals surface area contributed by atoms with Gasteiger partial charge in [-0.25, -0.2) is 0 Å². The summed E-state index contributed by atoms with van der Waals surface area (Å²) in [4.78, 5) is 2.45. The molecule has 0 atom stereocenters. The lowest BCUT2D eigenvalue weighted by Gasteiger charge is -2.30. The molecular weight excluding hydrogens is 200 g/mol. The molecule has 1 saturated heterocycles. The van der Waals surface area contributed by atoms with Crippen molar-refractivity contribution in [3.8, 4) is 0 Å². The van der Waals surface area contributed by atoms with Crippen molar-refractivity contribution in [2.45, 2.75) is 25.7 Å². The molecule has 0 aliphatic carbocycles. The molecule has 1 heterocycles. The summed E-state index contributed by atoms with van der Waals surface area (Å²) in [6, 6.07) is 8.44. The van der Waals surface area contributed by atoms with Gasteiger partial charge in [0.25, 0.3) is 0 Å². The van der Waals surface area contributed by atoms with Crippen molar-refractivity contribution in [3.05, 3.63) is 29.8 Å². The Labute approximate surface area is 97.7 Å². The number of para-hydroxylation sites is 1. The zero-order valence-electron chi connectivity index (χ0n) is 9.86. The van der Waals surface area contributed by atoms with Crippen molar-refractivity contribution < 1.29 is 5.11 Å². The first-order valence-electron chi connectivity index (χ1n) is 5.85. The van der Waals surface area contributed by atoms with E-state index in [0.29, 0.717) is 0 Å². The van der Waals surface area contributed by atoms with E-state index in [1.54, 1.807) is 0 Å². The van der Waals surface area contributed by atoms with Crippen LogP contribution < -0.4 is 11.1 Å². The molecule has 16 heavy (non-hydrogen) atoms. The van der Waals surface area contributed by atoms with Crippen molar-refractivity contribution in [1.82, 2.24) is 6.15 Å². The maximum atomic E-state index is 9.02. The van der Waals surface area contributed by atoms with Gasteiger partial charge in [-0.2, -0.15) is 0 Å². The van der Waals surface area contributed by atoms with E-state index in [1.165, 1.54) is 43.6 Å². The first kappa shape index (κ1) is 13.0. The van der Waals surface area contributed by atoms with Crippen molar-refractivity contribution in [2.24, 2.45) is 0 Å². The molecule has 0 saturated carbocycles. The van der Waals surface area contributed by atoms with E-state index in [-0.39, 0.29) is 12.8 Å². The summed E-state index contributed by atoms with van der Waals surface area (Å²) in [6.45, 7) is 2.58. The van der Waals surface area contributed by atoms with Crippen molar-refractivity contribution in [1.29, 1.82) is 0 Å². The quantitative estimate of drug-likeness (QED) is 0.825. The van der Waals surface area contributed by atoms with Gasteiger partial charge in [-0.05, 0) is 37.3 Å². The Balaban J connectivity index is 0.00000128. The fourth-order valence-corrected chi connectivity index (χ4v) is 2.29. The zero-order valence-corrected chi connectivity index (χ0v) is 9.86. The van der Waals surface area contributed by atoms with Gasteiger partial charge in [-0.3, -0.25) is 0 Å². The number of rotatable bonds is 3. The second kappa shape index (κ2) is 6.51. The molecule has 1 aliphatic rings. The molecular formula is C13H22N2O. The van der Waals surface area contributed by atoms with E-state index in [0.717, 1.165) is 6.42 Å². The largest absolute Gasteiger partial charge is 0.396 e. The van der Waals surface area contributed by atoms with Crippen molar-refractivity contribution >= 4 is 5.69 Å². The smallest absolute Gasteiger partial charge is 0.0472 e. The molecule has 1 aromatic carbocycles. The van der Waals surface area contributed by atoms with Gasteiger partial charge in [0.1, 0.15) is 0 Å². The molecule has 1 aliphatic heterocycles. The van der Waals surface area contributed by atoms with Gasteiger partial charge in [0.2, 0.25) is 0 Å². The maximum Gasteiger partial charge on any atom is 0.0472 e. The van der Waals surface area contributed by atoms with Gasteiger partial charge in [0, 0.05) is 25.4 Å². The highest BCUT2D eigenvalue weighted by Gasteiger charge is 2.13. The summed E-state index contributed by atoms with van der Waals surface area (Å²) in [5, 5.41) is 9.02. The normalized spacial score (nSPS) is 15.7. The molecule has 0 aromatic heterocycles. The summed E-state index contributed by atoms with van der Waals surface area (Å²) in [5.74, 6) is 0. The molecule has 0 bridgehead atoms. The van der Waals surface area contributed by atoms with Crippen LogP contribution in [-0.2, 0) is 6.42 Å². The monoisotopic (exact) mass is 222 g/mol. The zero-order chi connectivity index (χ0) is 10.5. The third kappa shape index (κ3) is 2.97. The van der Waals surface area contributed by atoms with Crippen molar-refractivity contribution in [3.63, 3.8) is 0 Å². The lowest BCUT2D eigenvalue weighted by molar-refractivity contribution is 0.299. The summed E-state index contributed by atoms with van der Waals surface area (Å²) in [5.41, 5.74) is 2.60. The van der Waals surface area contributed by atoms with Crippen LogP contribution in [0.3, 0.4) is 0 Å².